The summed E-state index contributed by atoms with van der Waals surface area (Å²) in [6.07, 6.45) is 1.87. The Morgan fingerprint density at radius 3 is 2.52 bits per heavy atom. The van der Waals surface area contributed by atoms with Gasteiger partial charge in [0, 0.05) is 22.0 Å². The number of carbonyl (C=O) groups excluding carboxylic acids is 1. The minimum absolute atomic E-state index is 0.205. The highest BCUT2D eigenvalue weighted by Gasteiger charge is 2.08. The average molecular weight is 445 g/mol. The third-order valence-electron chi connectivity index (χ3n) is 3.19. The maximum atomic E-state index is 13.0. The van der Waals surface area contributed by atoms with E-state index in [2.05, 4.69) is 20.8 Å². The van der Waals surface area contributed by atoms with E-state index in [0.717, 1.165) is 29.4 Å². The van der Waals surface area contributed by atoms with E-state index in [0.29, 0.717) is 17.0 Å². The highest BCUT2D eigenvalue weighted by atomic mass is 35.5. The van der Waals surface area contributed by atoms with E-state index in [9.17, 15) is 22.0 Å². The van der Waals surface area contributed by atoms with E-state index in [4.69, 9.17) is 16.2 Å². The molecule has 1 amide bonds. The molecule has 8 nitrogen and oxygen atoms in total. The van der Waals surface area contributed by atoms with Crippen molar-refractivity contribution in [3.05, 3.63) is 64.8 Å². The molecule has 0 aliphatic heterocycles. The Labute approximate surface area is 169 Å². The van der Waals surface area contributed by atoms with Crippen molar-refractivity contribution in [2.45, 2.75) is 0 Å². The maximum Gasteiger partial charge on any atom is 0.286 e. The van der Waals surface area contributed by atoms with Gasteiger partial charge in [0.05, 0.1) is 11.9 Å². The summed E-state index contributed by atoms with van der Waals surface area (Å²) in [6.45, 7) is 0. The predicted octanol–water partition coefficient (Wildman–Crippen LogP) is 3.20. The molecule has 1 heterocycles. The second-order valence-electron chi connectivity index (χ2n) is 5.60. The van der Waals surface area contributed by atoms with Gasteiger partial charge >= 0.3 is 0 Å². The lowest BCUT2D eigenvalue weighted by atomic mass is 10.2. The van der Waals surface area contributed by atoms with Gasteiger partial charge in [-0.3, -0.25) is 20.2 Å². The van der Waals surface area contributed by atoms with E-state index >= 15 is 0 Å². The van der Waals surface area contributed by atoms with Crippen molar-refractivity contribution >= 4 is 50.6 Å². The molecule has 154 valence electrons. The van der Waals surface area contributed by atoms with E-state index in [1.165, 1.54) is 6.07 Å². The summed E-state index contributed by atoms with van der Waals surface area (Å²) in [6, 6.07) is 10.1. The molecule has 0 aliphatic carbocycles. The second-order valence-corrected chi connectivity index (χ2v) is 7.51. The first kappa shape index (κ1) is 22.3. The van der Waals surface area contributed by atoms with Crippen molar-refractivity contribution in [1.82, 2.24) is 15.8 Å². The summed E-state index contributed by atoms with van der Waals surface area (Å²) in [7, 11) is -3.67. The molecule has 12 heteroatoms. The summed E-state index contributed by atoms with van der Waals surface area (Å²) >= 11 is 5.89. The van der Waals surface area contributed by atoms with Crippen LogP contribution < -0.4 is 10.9 Å². The third-order valence-corrected chi connectivity index (χ3v) is 3.43. The number of hydrazine groups is 1. The van der Waals surface area contributed by atoms with E-state index in [-0.39, 0.29) is 5.69 Å². The third kappa shape index (κ3) is 7.49. The molecule has 2 aromatic carbocycles. The number of hydrogen-bond acceptors (Lipinski definition) is 4. The van der Waals surface area contributed by atoms with Crippen LogP contribution in [0.25, 0.3) is 10.9 Å². The standard InChI is InChI=1S/C16H11ClF2N4O.CH4O3S/c17-10-1-4-14-9(5-10)6-15(22-14)16(24)23-21-8-20-11-2-3-12(18)13(19)7-11;1-5(2,3)4/h1-8,22H,(H,20,21)(H,23,24);1H3,(H,2,3,4). The van der Waals surface area contributed by atoms with Crippen LogP contribution in [0.1, 0.15) is 10.5 Å². The number of fused-ring (bicyclic) bond motifs is 1. The molecule has 0 aliphatic rings. The van der Waals surface area contributed by atoms with Crippen molar-refractivity contribution in [1.29, 1.82) is 0 Å². The van der Waals surface area contributed by atoms with Gasteiger partial charge < -0.3 is 4.98 Å². The number of rotatable bonds is 4. The topological polar surface area (TPSA) is 124 Å². The fourth-order valence-corrected chi connectivity index (χ4v) is 2.24. The minimum Gasteiger partial charge on any atom is -0.350 e. The lowest BCUT2D eigenvalue weighted by Gasteiger charge is -2.01. The van der Waals surface area contributed by atoms with E-state index in [1.54, 1.807) is 24.3 Å². The van der Waals surface area contributed by atoms with Gasteiger partial charge in [0.25, 0.3) is 16.0 Å². The quantitative estimate of drug-likeness (QED) is 0.213. The summed E-state index contributed by atoms with van der Waals surface area (Å²) in [4.78, 5) is 18.8. The lowest BCUT2D eigenvalue weighted by molar-refractivity contribution is 0.0940. The lowest BCUT2D eigenvalue weighted by Crippen LogP contribution is -2.36. The van der Waals surface area contributed by atoms with Gasteiger partial charge in [-0.1, -0.05) is 11.6 Å². The zero-order valence-corrected chi connectivity index (χ0v) is 16.4. The Morgan fingerprint density at radius 2 is 1.86 bits per heavy atom. The molecule has 3 aromatic rings. The molecule has 0 saturated carbocycles. The number of halogens is 3. The average Bonchev–Trinajstić information content (AvgIpc) is 3.03. The van der Waals surface area contributed by atoms with Crippen LogP contribution >= 0.6 is 11.6 Å². The number of nitrogens with one attached hydrogen (secondary N) is 3. The maximum absolute atomic E-state index is 13.0. The SMILES string of the molecule is CS(=O)(=O)O.O=C(NNC=Nc1ccc(F)c(F)c1)c1cc2cc(Cl)ccc2[nH]1. The molecule has 0 spiro atoms. The molecule has 0 saturated heterocycles. The molecule has 0 radical (unpaired) electrons. The molecule has 3 rings (SSSR count). The summed E-state index contributed by atoms with van der Waals surface area (Å²) in [5.41, 5.74) is 6.19. The summed E-state index contributed by atoms with van der Waals surface area (Å²) in [5.74, 6) is -2.36. The molecule has 1 aromatic heterocycles. The van der Waals surface area contributed by atoms with Gasteiger partial charge in [0.1, 0.15) is 12.0 Å². The van der Waals surface area contributed by atoms with Gasteiger partial charge in [0.2, 0.25) is 0 Å². The molecule has 0 fully saturated rings. The molecular weight excluding hydrogens is 430 g/mol. The number of carbonyl (C=O) groups is 1. The molecule has 4 N–H and O–H groups in total. The molecule has 0 unspecified atom stereocenters. The normalized spacial score (nSPS) is 11.2. The van der Waals surface area contributed by atoms with Crippen molar-refractivity contribution in [2.75, 3.05) is 6.26 Å². The number of aliphatic imine (C=N–C) groups is 1. The molecule has 29 heavy (non-hydrogen) atoms. The highest BCUT2D eigenvalue weighted by Crippen LogP contribution is 2.20. The van der Waals surface area contributed by atoms with Crippen LogP contribution in [0.3, 0.4) is 0 Å². The Kier molecular flexibility index (Phi) is 7.26. The van der Waals surface area contributed by atoms with Crippen molar-refractivity contribution in [3.63, 3.8) is 0 Å². The molecule has 0 atom stereocenters. The van der Waals surface area contributed by atoms with Gasteiger partial charge in [-0.25, -0.2) is 13.8 Å². The number of benzene rings is 2. The zero-order chi connectivity index (χ0) is 21.6. The van der Waals surface area contributed by atoms with Gasteiger partial charge in [-0.2, -0.15) is 8.42 Å². The summed E-state index contributed by atoms with van der Waals surface area (Å²) in [5, 5.41) is 1.38. The highest BCUT2D eigenvalue weighted by molar-refractivity contribution is 7.85. The van der Waals surface area contributed by atoms with Crippen LogP contribution in [0.2, 0.25) is 5.02 Å². The fraction of sp³-hybridized carbons (Fsp3) is 0.0588. The van der Waals surface area contributed by atoms with Crippen LogP contribution in [-0.2, 0) is 10.1 Å². The number of amides is 1. The largest absolute Gasteiger partial charge is 0.350 e. The van der Waals surface area contributed by atoms with Crippen molar-refractivity contribution < 1.29 is 26.5 Å². The predicted molar refractivity (Wildman–Crippen MR) is 106 cm³/mol. The number of aromatic nitrogens is 1. The molecular formula is C17H15ClF2N4O4S. The number of hydrogen-bond donors (Lipinski definition) is 4. The van der Waals surface area contributed by atoms with Gasteiger partial charge in [-0.15, -0.1) is 0 Å². The van der Waals surface area contributed by atoms with Crippen molar-refractivity contribution in [3.8, 4) is 0 Å². The smallest absolute Gasteiger partial charge is 0.286 e. The van der Waals surface area contributed by atoms with E-state index in [1.807, 2.05) is 0 Å². The molecule has 0 bridgehead atoms. The summed E-state index contributed by atoms with van der Waals surface area (Å²) < 4.78 is 51.7. The van der Waals surface area contributed by atoms with Gasteiger partial charge in [-0.05, 0) is 36.4 Å². The fourth-order valence-electron chi connectivity index (χ4n) is 2.06. The number of H-pyrrole nitrogens is 1. The minimum atomic E-state index is -3.67. The van der Waals surface area contributed by atoms with Crippen LogP contribution in [0.5, 0.6) is 0 Å². The first-order valence-electron chi connectivity index (χ1n) is 7.77. The van der Waals surface area contributed by atoms with Crippen LogP contribution in [0, 0.1) is 11.6 Å². The monoisotopic (exact) mass is 444 g/mol. The number of nitrogens with zero attached hydrogens (tertiary/aromatic N) is 1. The Morgan fingerprint density at radius 1 is 1.17 bits per heavy atom. The Balaban J connectivity index is 0.000000537. The Hall–Kier alpha value is -3.02. The Bertz CT molecular complexity index is 1160. The van der Waals surface area contributed by atoms with Crippen LogP contribution in [-0.4, -0.2) is 36.5 Å². The first-order chi connectivity index (χ1) is 13.5. The zero-order valence-electron chi connectivity index (χ0n) is 14.8. The van der Waals surface area contributed by atoms with Crippen LogP contribution in [0.15, 0.2) is 47.5 Å². The van der Waals surface area contributed by atoms with Crippen LogP contribution in [0.4, 0.5) is 14.5 Å². The van der Waals surface area contributed by atoms with E-state index < -0.39 is 27.7 Å². The van der Waals surface area contributed by atoms with Gasteiger partial charge in [0.15, 0.2) is 11.6 Å². The second kappa shape index (κ2) is 9.45. The van der Waals surface area contributed by atoms with Crippen molar-refractivity contribution in [2.24, 2.45) is 4.99 Å². The first-order valence-corrected chi connectivity index (χ1v) is 10.00. The number of aromatic amines is 1.